The van der Waals surface area contributed by atoms with Gasteiger partial charge < -0.3 is 0 Å². The predicted octanol–water partition coefficient (Wildman–Crippen LogP) is 4.77. The van der Waals surface area contributed by atoms with Gasteiger partial charge in [-0.2, -0.15) is 0 Å². The second-order valence-electron chi connectivity index (χ2n) is 5.89. The molecule has 4 heteroatoms. The number of fused-ring (bicyclic) bond motifs is 1. The number of nitrogens with zero attached hydrogens (tertiary/aromatic N) is 1. The van der Waals surface area contributed by atoms with Crippen molar-refractivity contribution < 1.29 is 9.59 Å². The summed E-state index contributed by atoms with van der Waals surface area (Å²) in [6, 6.07) is 24.6. The Morgan fingerprint density at radius 2 is 1.32 bits per heavy atom. The van der Waals surface area contributed by atoms with Crippen LogP contribution in [-0.4, -0.2) is 11.7 Å². The monoisotopic (exact) mass is 391 g/mol. The molecule has 1 aliphatic rings. The third kappa shape index (κ3) is 2.68. The number of carbonyl (C=O) groups is 2. The van der Waals surface area contributed by atoms with E-state index in [2.05, 4.69) is 15.9 Å². The van der Waals surface area contributed by atoms with Crippen molar-refractivity contribution in [3.05, 3.63) is 100 Å². The Balaban J connectivity index is 1.92. The third-order valence-corrected chi connectivity index (χ3v) is 4.86. The highest BCUT2D eigenvalue weighted by molar-refractivity contribution is 9.10. The van der Waals surface area contributed by atoms with Crippen molar-refractivity contribution in [2.24, 2.45) is 0 Å². The van der Waals surface area contributed by atoms with Crippen LogP contribution in [0.2, 0.25) is 0 Å². The molecule has 4 rings (SSSR count). The van der Waals surface area contributed by atoms with Gasteiger partial charge in [-0.25, -0.2) is 0 Å². The fourth-order valence-corrected chi connectivity index (χ4v) is 3.61. The van der Waals surface area contributed by atoms with Crippen molar-refractivity contribution in [1.29, 1.82) is 0 Å². The number of benzene rings is 3. The van der Waals surface area contributed by atoms with Gasteiger partial charge in [0.05, 0.1) is 17.3 Å². The van der Waals surface area contributed by atoms with Gasteiger partial charge in [0, 0.05) is 4.47 Å². The molecule has 1 amide bonds. The van der Waals surface area contributed by atoms with Gasteiger partial charge in [-0.05, 0) is 29.3 Å². The Morgan fingerprint density at radius 3 is 1.88 bits per heavy atom. The number of halogens is 1. The van der Waals surface area contributed by atoms with Gasteiger partial charge in [0.2, 0.25) is 0 Å². The van der Waals surface area contributed by atoms with E-state index in [1.165, 1.54) is 0 Å². The second-order valence-corrected chi connectivity index (χ2v) is 6.81. The van der Waals surface area contributed by atoms with Crippen molar-refractivity contribution in [2.75, 3.05) is 4.90 Å². The van der Waals surface area contributed by atoms with Crippen LogP contribution in [0.3, 0.4) is 0 Å². The first kappa shape index (κ1) is 15.8. The summed E-state index contributed by atoms with van der Waals surface area (Å²) in [6.07, 6.45) is 0. The highest BCUT2D eigenvalue weighted by Gasteiger charge is 2.41. The first-order valence-corrected chi connectivity index (χ1v) is 8.73. The molecule has 0 N–H and O–H groups in total. The normalized spacial score (nSPS) is 13.4. The first-order valence-electron chi connectivity index (χ1n) is 7.94. The molecular formula is C21H14BrNO2. The van der Waals surface area contributed by atoms with Crippen molar-refractivity contribution in [2.45, 2.75) is 6.04 Å². The van der Waals surface area contributed by atoms with Crippen LogP contribution in [0.5, 0.6) is 0 Å². The van der Waals surface area contributed by atoms with Crippen LogP contribution in [0.4, 0.5) is 5.69 Å². The SMILES string of the molecule is O=C1C(=O)N(C(c2ccccc2)c2ccccc2)c2ccc(Br)cc21. The number of ketones is 1. The standard InChI is InChI=1S/C21H14BrNO2/c22-16-11-12-18-17(13-16)20(24)21(25)23(18)19(14-7-3-1-4-8-14)15-9-5-2-6-10-15/h1-13,19H. The molecule has 0 spiro atoms. The number of anilines is 1. The van der Waals surface area contributed by atoms with E-state index >= 15 is 0 Å². The zero-order valence-corrected chi connectivity index (χ0v) is 14.8. The molecule has 0 aliphatic carbocycles. The van der Waals surface area contributed by atoms with Gasteiger partial charge in [0.1, 0.15) is 0 Å². The van der Waals surface area contributed by atoms with E-state index in [4.69, 9.17) is 0 Å². The smallest absolute Gasteiger partial charge is 0.293 e. The molecule has 0 fully saturated rings. The molecule has 0 bridgehead atoms. The maximum Gasteiger partial charge on any atom is 0.300 e. The molecule has 0 saturated heterocycles. The largest absolute Gasteiger partial charge is 0.300 e. The van der Waals surface area contributed by atoms with Crippen molar-refractivity contribution >= 4 is 33.3 Å². The Bertz CT molecular complexity index is 915. The topological polar surface area (TPSA) is 37.4 Å². The summed E-state index contributed by atoms with van der Waals surface area (Å²) < 4.78 is 0.783. The quantitative estimate of drug-likeness (QED) is 0.603. The molecule has 0 atom stereocenters. The van der Waals surface area contributed by atoms with Crippen molar-refractivity contribution in [1.82, 2.24) is 0 Å². The van der Waals surface area contributed by atoms with E-state index in [0.717, 1.165) is 15.6 Å². The lowest BCUT2D eigenvalue weighted by Gasteiger charge is -2.29. The van der Waals surface area contributed by atoms with Gasteiger partial charge >= 0.3 is 0 Å². The molecule has 3 aromatic carbocycles. The minimum absolute atomic E-state index is 0.346. The summed E-state index contributed by atoms with van der Waals surface area (Å²) in [5.41, 5.74) is 3.02. The van der Waals surface area contributed by atoms with Crippen LogP contribution < -0.4 is 4.90 Å². The maximum absolute atomic E-state index is 12.8. The van der Waals surface area contributed by atoms with Crippen LogP contribution >= 0.6 is 15.9 Å². The van der Waals surface area contributed by atoms with Gasteiger partial charge in [-0.1, -0.05) is 76.6 Å². The number of rotatable bonds is 3. The first-order chi connectivity index (χ1) is 12.2. The Morgan fingerprint density at radius 1 is 0.760 bits per heavy atom. The van der Waals surface area contributed by atoms with E-state index in [-0.39, 0.29) is 6.04 Å². The molecule has 25 heavy (non-hydrogen) atoms. The third-order valence-electron chi connectivity index (χ3n) is 4.36. The van der Waals surface area contributed by atoms with Crippen LogP contribution in [0.25, 0.3) is 0 Å². The highest BCUT2D eigenvalue weighted by atomic mass is 79.9. The minimum Gasteiger partial charge on any atom is -0.293 e. The maximum atomic E-state index is 12.8. The van der Waals surface area contributed by atoms with E-state index in [9.17, 15) is 9.59 Å². The van der Waals surface area contributed by atoms with E-state index in [1.807, 2.05) is 72.8 Å². The molecule has 0 radical (unpaired) electrons. The zero-order chi connectivity index (χ0) is 17.4. The fraction of sp³-hybridized carbons (Fsp3) is 0.0476. The molecular weight excluding hydrogens is 378 g/mol. The molecule has 1 heterocycles. The number of hydrogen-bond acceptors (Lipinski definition) is 2. The lowest BCUT2D eigenvalue weighted by molar-refractivity contribution is -0.114. The molecule has 3 nitrogen and oxygen atoms in total. The summed E-state index contributed by atoms with van der Waals surface area (Å²) >= 11 is 3.38. The van der Waals surface area contributed by atoms with Crippen LogP contribution in [-0.2, 0) is 4.79 Å². The summed E-state index contributed by atoms with van der Waals surface area (Å²) in [5, 5.41) is 0. The summed E-state index contributed by atoms with van der Waals surface area (Å²) in [5.74, 6) is -0.959. The summed E-state index contributed by atoms with van der Waals surface area (Å²) in [6.45, 7) is 0. The van der Waals surface area contributed by atoms with Crippen LogP contribution in [0, 0.1) is 0 Å². The average molecular weight is 392 g/mol. The van der Waals surface area contributed by atoms with E-state index in [0.29, 0.717) is 11.3 Å². The second kappa shape index (κ2) is 6.30. The lowest BCUT2D eigenvalue weighted by Crippen LogP contribution is -2.34. The Kier molecular flexibility index (Phi) is 3.98. The van der Waals surface area contributed by atoms with Gasteiger partial charge in [0.15, 0.2) is 0 Å². The van der Waals surface area contributed by atoms with Crippen LogP contribution in [0.15, 0.2) is 83.3 Å². The van der Waals surface area contributed by atoms with Gasteiger partial charge in [0.25, 0.3) is 11.7 Å². The summed E-state index contributed by atoms with van der Waals surface area (Å²) in [7, 11) is 0. The van der Waals surface area contributed by atoms with Gasteiger partial charge in [-0.15, -0.1) is 0 Å². The predicted molar refractivity (Wildman–Crippen MR) is 101 cm³/mol. The minimum atomic E-state index is -0.495. The Labute approximate surface area is 154 Å². The number of carbonyl (C=O) groups excluding carboxylic acids is 2. The number of Topliss-reactive ketones (excluding diaryl/α,β-unsaturated/α-hetero) is 1. The summed E-state index contributed by atoms with van der Waals surface area (Å²) in [4.78, 5) is 26.9. The van der Waals surface area contributed by atoms with E-state index < -0.39 is 11.7 Å². The van der Waals surface area contributed by atoms with Gasteiger partial charge in [-0.3, -0.25) is 14.5 Å². The zero-order valence-electron chi connectivity index (χ0n) is 13.2. The molecule has 0 saturated carbocycles. The lowest BCUT2D eigenvalue weighted by atomic mass is 9.97. The molecule has 0 aromatic heterocycles. The average Bonchev–Trinajstić information content (AvgIpc) is 2.89. The van der Waals surface area contributed by atoms with Crippen LogP contribution in [0.1, 0.15) is 27.5 Å². The molecule has 0 unspecified atom stereocenters. The molecule has 3 aromatic rings. The number of hydrogen-bond donors (Lipinski definition) is 0. The van der Waals surface area contributed by atoms with E-state index in [1.54, 1.807) is 11.0 Å². The van der Waals surface area contributed by atoms with Crippen molar-refractivity contribution in [3.8, 4) is 0 Å². The highest BCUT2D eigenvalue weighted by Crippen LogP contribution is 2.40. The molecule has 122 valence electrons. The molecule has 1 aliphatic heterocycles. The fourth-order valence-electron chi connectivity index (χ4n) is 3.25. The van der Waals surface area contributed by atoms with Crippen molar-refractivity contribution in [3.63, 3.8) is 0 Å². The number of amides is 1. The Hall–Kier alpha value is -2.72.